The van der Waals surface area contributed by atoms with Gasteiger partial charge in [-0.05, 0) is 49.9 Å². The van der Waals surface area contributed by atoms with E-state index >= 15 is 0 Å². The van der Waals surface area contributed by atoms with Gasteiger partial charge in [-0.2, -0.15) is 0 Å². The van der Waals surface area contributed by atoms with Gasteiger partial charge in [-0.3, -0.25) is 4.79 Å². The van der Waals surface area contributed by atoms with E-state index in [0.717, 1.165) is 24.8 Å². The summed E-state index contributed by atoms with van der Waals surface area (Å²) in [5.41, 5.74) is 0.765. The zero-order valence-corrected chi connectivity index (χ0v) is 21.2. The normalized spacial score (nSPS) is 23.9. The summed E-state index contributed by atoms with van der Waals surface area (Å²) in [4.78, 5) is 16.5. The van der Waals surface area contributed by atoms with Gasteiger partial charge in [0, 0.05) is 44.6 Å². The number of carbonyl (C=O) groups excluding carboxylic acids is 1. The van der Waals surface area contributed by atoms with E-state index < -0.39 is 16.1 Å². The number of aliphatic hydroxyl groups excluding tert-OH is 1. The molecule has 1 unspecified atom stereocenters. The van der Waals surface area contributed by atoms with Crippen molar-refractivity contribution < 1.29 is 23.1 Å². The molecule has 0 aromatic heterocycles. The third-order valence-corrected chi connectivity index (χ3v) is 8.20. The minimum absolute atomic E-state index is 0.0651. The lowest BCUT2D eigenvalue weighted by Crippen LogP contribution is -2.51. The minimum atomic E-state index is -3.84. The van der Waals surface area contributed by atoms with Crippen LogP contribution in [0.5, 0.6) is 5.75 Å². The van der Waals surface area contributed by atoms with Gasteiger partial charge in [0.05, 0.1) is 12.7 Å². The molecular weight excluding hydrogens is 442 g/mol. The maximum atomic E-state index is 13.0. The van der Waals surface area contributed by atoms with Crippen LogP contribution in [0.1, 0.15) is 57.9 Å². The Hall–Kier alpha value is -1.68. The summed E-state index contributed by atoms with van der Waals surface area (Å²) in [6, 6.07) is 5.23. The van der Waals surface area contributed by atoms with Crippen LogP contribution in [0, 0.1) is 5.41 Å². The van der Waals surface area contributed by atoms with E-state index in [0.29, 0.717) is 45.0 Å². The molecule has 2 aliphatic heterocycles. The van der Waals surface area contributed by atoms with Crippen LogP contribution in [0.3, 0.4) is 0 Å². The van der Waals surface area contributed by atoms with E-state index in [4.69, 9.17) is 4.74 Å². The van der Waals surface area contributed by atoms with Crippen molar-refractivity contribution in [3.05, 3.63) is 23.8 Å². The maximum Gasteiger partial charge on any atom is 0.244 e. The summed E-state index contributed by atoms with van der Waals surface area (Å²) in [5.74, 6) is 0.759. The van der Waals surface area contributed by atoms with Crippen LogP contribution in [0.15, 0.2) is 23.1 Å². The number of aliphatic hydroxyl groups is 1. The third-order valence-electron chi connectivity index (χ3n) is 6.74. The second-order valence-electron chi connectivity index (χ2n) is 9.98. The molecule has 0 saturated carbocycles. The number of carbonyl (C=O) groups is 1. The molecule has 1 atom stereocenters. The lowest BCUT2D eigenvalue weighted by atomic mass is 9.78. The van der Waals surface area contributed by atoms with Gasteiger partial charge in [0.15, 0.2) is 0 Å². The second-order valence-corrected chi connectivity index (χ2v) is 11.7. The minimum Gasteiger partial charge on any atom is -0.492 e. The fraction of sp³-hybridized carbons (Fsp3) is 0.708. The van der Waals surface area contributed by atoms with E-state index in [-0.39, 0.29) is 28.7 Å². The topological polar surface area (TPSA) is 99.2 Å². The zero-order valence-electron chi connectivity index (χ0n) is 20.3. The molecule has 9 heteroatoms. The number of piperidine rings is 1. The van der Waals surface area contributed by atoms with Crippen molar-refractivity contribution in [1.29, 1.82) is 0 Å². The highest BCUT2D eigenvalue weighted by Gasteiger charge is 2.38. The molecule has 1 aromatic rings. The van der Waals surface area contributed by atoms with E-state index in [1.54, 1.807) is 6.07 Å². The number of rotatable bonds is 3. The molecule has 1 spiro atoms. The van der Waals surface area contributed by atoms with Crippen molar-refractivity contribution in [3.63, 3.8) is 0 Å². The molecule has 186 valence electrons. The molecule has 1 saturated heterocycles. The summed E-state index contributed by atoms with van der Waals surface area (Å²) in [6.07, 6.45) is 2.11. The van der Waals surface area contributed by atoms with Gasteiger partial charge in [0.2, 0.25) is 15.9 Å². The average molecular weight is 482 g/mol. The van der Waals surface area contributed by atoms with Crippen LogP contribution in [-0.4, -0.2) is 81.7 Å². The third kappa shape index (κ3) is 6.47. The summed E-state index contributed by atoms with van der Waals surface area (Å²) < 4.78 is 34.8. The number of hydrogen-bond donors (Lipinski definition) is 2. The predicted octanol–water partition coefficient (Wildman–Crippen LogP) is 2.18. The Balaban J connectivity index is 1.92. The Morgan fingerprint density at radius 2 is 2.00 bits per heavy atom. The molecule has 0 radical (unpaired) electrons. The van der Waals surface area contributed by atoms with Crippen molar-refractivity contribution in [2.24, 2.45) is 5.41 Å². The highest BCUT2D eigenvalue weighted by molar-refractivity contribution is 7.89. The lowest BCUT2D eigenvalue weighted by molar-refractivity contribution is -0.134. The van der Waals surface area contributed by atoms with Crippen LogP contribution in [0.2, 0.25) is 0 Å². The van der Waals surface area contributed by atoms with Gasteiger partial charge in [0.25, 0.3) is 0 Å². The van der Waals surface area contributed by atoms with Crippen molar-refractivity contribution >= 4 is 15.9 Å². The Labute approximate surface area is 198 Å². The molecule has 1 fully saturated rings. The SMILES string of the molecule is CCCC(=O)N1CCC2(CC1)COc1cc(C(C)C)ccc1S(=O)(=O)NCC(O)CN(C)C2. The number of nitrogens with zero attached hydrogens (tertiary/aromatic N) is 2. The van der Waals surface area contributed by atoms with Gasteiger partial charge in [-0.1, -0.05) is 26.8 Å². The van der Waals surface area contributed by atoms with Crippen molar-refractivity contribution in [3.8, 4) is 5.75 Å². The van der Waals surface area contributed by atoms with Crippen molar-refractivity contribution in [2.45, 2.75) is 63.4 Å². The second kappa shape index (κ2) is 10.7. The molecule has 2 aliphatic rings. The number of β-amino-alcohol motifs (C(OH)–C–C–N with tert-alkyl or cyclic N) is 1. The molecular formula is C24H39N3O5S. The summed E-state index contributed by atoms with van der Waals surface area (Å²) in [7, 11) is -1.90. The fourth-order valence-electron chi connectivity index (χ4n) is 4.75. The van der Waals surface area contributed by atoms with Gasteiger partial charge in [0.1, 0.15) is 10.6 Å². The summed E-state index contributed by atoms with van der Waals surface area (Å²) in [6.45, 7) is 8.79. The van der Waals surface area contributed by atoms with Crippen molar-refractivity contribution in [2.75, 3.05) is 46.4 Å². The van der Waals surface area contributed by atoms with Crippen LogP contribution in [0.25, 0.3) is 0 Å². The molecule has 0 aliphatic carbocycles. The quantitative estimate of drug-likeness (QED) is 0.687. The number of fused-ring (bicyclic) bond motifs is 1. The molecule has 0 bridgehead atoms. The van der Waals surface area contributed by atoms with E-state index in [2.05, 4.69) is 18.6 Å². The lowest BCUT2D eigenvalue weighted by Gasteiger charge is -2.44. The first-order valence-corrected chi connectivity index (χ1v) is 13.4. The van der Waals surface area contributed by atoms with Crippen LogP contribution in [0.4, 0.5) is 0 Å². The molecule has 2 N–H and O–H groups in total. The molecule has 1 amide bonds. The number of nitrogens with one attached hydrogen (secondary N) is 1. The van der Waals surface area contributed by atoms with Gasteiger partial charge in [-0.25, -0.2) is 13.1 Å². The number of hydrogen-bond acceptors (Lipinski definition) is 6. The highest BCUT2D eigenvalue weighted by Crippen LogP contribution is 2.36. The number of amides is 1. The van der Waals surface area contributed by atoms with E-state index in [9.17, 15) is 18.3 Å². The fourth-order valence-corrected chi connectivity index (χ4v) is 5.94. The van der Waals surface area contributed by atoms with Crippen molar-refractivity contribution in [1.82, 2.24) is 14.5 Å². The van der Waals surface area contributed by atoms with Gasteiger partial charge in [-0.15, -0.1) is 0 Å². The molecule has 8 nitrogen and oxygen atoms in total. The highest BCUT2D eigenvalue weighted by atomic mass is 32.2. The number of ether oxygens (including phenoxy) is 1. The first-order valence-electron chi connectivity index (χ1n) is 12.0. The Morgan fingerprint density at radius 1 is 1.30 bits per heavy atom. The summed E-state index contributed by atoms with van der Waals surface area (Å²) >= 11 is 0. The molecule has 1 aromatic carbocycles. The molecule has 3 rings (SSSR count). The maximum absolute atomic E-state index is 13.0. The zero-order chi connectivity index (χ0) is 24.2. The van der Waals surface area contributed by atoms with Crippen LogP contribution in [-0.2, 0) is 14.8 Å². The van der Waals surface area contributed by atoms with E-state index in [1.165, 1.54) is 0 Å². The number of likely N-dealkylation sites (N-methyl/N-ethyl adjacent to an activating group) is 1. The molecule has 33 heavy (non-hydrogen) atoms. The first kappa shape index (κ1) is 25.9. The first-order chi connectivity index (χ1) is 15.5. The number of sulfonamides is 1. The predicted molar refractivity (Wildman–Crippen MR) is 128 cm³/mol. The Morgan fingerprint density at radius 3 is 2.64 bits per heavy atom. The van der Waals surface area contributed by atoms with Crippen LogP contribution < -0.4 is 9.46 Å². The van der Waals surface area contributed by atoms with Crippen LogP contribution >= 0.6 is 0 Å². The standard InChI is InChI=1S/C24H39N3O5S/c1-5-6-23(29)27-11-9-24(10-12-27)16-26(4)15-20(28)14-25-33(30,31)22-8-7-19(18(2)3)13-21(22)32-17-24/h7-8,13,18,20,25,28H,5-6,9-12,14-17H2,1-4H3. The molecule has 2 heterocycles. The largest absolute Gasteiger partial charge is 0.492 e. The Bertz CT molecular complexity index is 926. The Kier molecular flexibility index (Phi) is 8.42. The summed E-state index contributed by atoms with van der Waals surface area (Å²) in [5, 5.41) is 10.5. The average Bonchev–Trinajstić information content (AvgIpc) is 2.76. The van der Waals surface area contributed by atoms with Gasteiger partial charge < -0.3 is 19.6 Å². The smallest absolute Gasteiger partial charge is 0.244 e. The number of benzene rings is 1. The van der Waals surface area contributed by atoms with E-state index in [1.807, 2.05) is 35.9 Å². The monoisotopic (exact) mass is 481 g/mol. The van der Waals surface area contributed by atoms with Gasteiger partial charge >= 0.3 is 0 Å². The number of likely N-dealkylation sites (tertiary alicyclic amines) is 1.